The van der Waals surface area contributed by atoms with Crippen molar-refractivity contribution in [1.82, 2.24) is 20.1 Å². The lowest BCUT2D eigenvalue weighted by Crippen LogP contribution is -2.56. The number of thiazole rings is 1. The van der Waals surface area contributed by atoms with E-state index in [4.69, 9.17) is 5.11 Å². The molecule has 2 rings (SSSR count). The molecule has 1 aromatic rings. The third kappa shape index (κ3) is 5.17. The monoisotopic (exact) mass is 354 g/mol. The van der Waals surface area contributed by atoms with Gasteiger partial charge in [0.1, 0.15) is 0 Å². The Morgan fingerprint density at radius 2 is 2.17 bits per heavy atom. The Morgan fingerprint density at radius 3 is 2.71 bits per heavy atom. The van der Waals surface area contributed by atoms with Gasteiger partial charge >= 0.3 is 12.0 Å². The number of carboxylic acids is 1. The number of hydrogen-bond donors (Lipinski definition) is 2. The molecule has 1 heterocycles. The predicted octanol–water partition coefficient (Wildman–Crippen LogP) is 1.57. The summed E-state index contributed by atoms with van der Waals surface area (Å²) < 4.78 is 0. The van der Waals surface area contributed by atoms with Crippen LogP contribution in [0.3, 0.4) is 0 Å². The molecule has 8 heteroatoms. The summed E-state index contributed by atoms with van der Waals surface area (Å²) in [6.45, 7) is 5.40. The van der Waals surface area contributed by atoms with E-state index in [-0.39, 0.29) is 24.7 Å². The van der Waals surface area contributed by atoms with Crippen LogP contribution < -0.4 is 5.32 Å². The van der Waals surface area contributed by atoms with Gasteiger partial charge in [0.2, 0.25) is 0 Å². The quantitative estimate of drug-likeness (QED) is 0.740. The first-order valence-electron chi connectivity index (χ1n) is 8.27. The molecule has 2 amide bonds. The molecule has 24 heavy (non-hydrogen) atoms. The average Bonchev–Trinajstić information content (AvgIpc) is 2.91. The fourth-order valence-electron chi connectivity index (χ4n) is 2.84. The van der Waals surface area contributed by atoms with Gasteiger partial charge in [-0.1, -0.05) is 6.92 Å². The summed E-state index contributed by atoms with van der Waals surface area (Å²) >= 11 is 1.66. The summed E-state index contributed by atoms with van der Waals surface area (Å²) in [6, 6.07) is 0.308. The molecule has 0 bridgehead atoms. The Balaban J connectivity index is 1.68. The van der Waals surface area contributed by atoms with Crippen LogP contribution in [0, 0.1) is 6.92 Å². The number of carboxylic acid groups (broad SMARTS) is 1. The van der Waals surface area contributed by atoms with E-state index in [9.17, 15) is 9.59 Å². The van der Waals surface area contributed by atoms with E-state index in [0.717, 1.165) is 24.3 Å². The van der Waals surface area contributed by atoms with E-state index < -0.39 is 5.97 Å². The normalized spacial score (nSPS) is 19.8. The van der Waals surface area contributed by atoms with Crippen molar-refractivity contribution in [2.45, 2.75) is 45.2 Å². The molecule has 2 N–H and O–H groups in total. The van der Waals surface area contributed by atoms with Crippen LogP contribution in [0.5, 0.6) is 0 Å². The van der Waals surface area contributed by atoms with Crippen LogP contribution in [0.15, 0.2) is 6.20 Å². The Bertz CT molecular complexity index is 571. The number of carbonyl (C=O) groups is 2. The zero-order valence-corrected chi connectivity index (χ0v) is 15.3. The van der Waals surface area contributed by atoms with Gasteiger partial charge in [-0.2, -0.15) is 0 Å². The summed E-state index contributed by atoms with van der Waals surface area (Å²) in [6.07, 6.45) is 4.24. The standard InChI is InChI=1S/C16H26N4O3S/c1-4-20(10-15(21)22)13-7-12(8-13)18-16(23)19(3)6-5-14-17-9-11(2)24-14/h9,12-13H,4-8,10H2,1-3H3,(H,18,23)(H,21,22). The van der Waals surface area contributed by atoms with E-state index >= 15 is 0 Å². The highest BCUT2D eigenvalue weighted by molar-refractivity contribution is 7.11. The molecule has 0 spiro atoms. The Labute approximate surface area is 146 Å². The minimum Gasteiger partial charge on any atom is -0.480 e. The number of nitrogens with zero attached hydrogens (tertiary/aromatic N) is 3. The third-order valence-corrected chi connectivity index (χ3v) is 5.35. The van der Waals surface area contributed by atoms with Gasteiger partial charge < -0.3 is 15.3 Å². The van der Waals surface area contributed by atoms with Crippen molar-refractivity contribution in [2.75, 3.05) is 26.7 Å². The molecule has 1 aliphatic carbocycles. The maximum atomic E-state index is 12.2. The Kier molecular flexibility index (Phi) is 6.56. The lowest BCUT2D eigenvalue weighted by atomic mass is 9.85. The topological polar surface area (TPSA) is 85.8 Å². The summed E-state index contributed by atoms with van der Waals surface area (Å²) in [4.78, 5) is 32.1. The smallest absolute Gasteiger partial charge is 0.317 e. The molecule has 1 fully saturated rings. The summed E-state index contributed by atoms with van der Waals surface area (Å²) in [7, 11) is 1.79. The third-order valence-electron chi connectivity index (χ3n) is 4.38. The number of hydrogen-bond acceptors (Lipinski definition) is 5. The summed E-state index contributed by atoms with van der Waals surface area (Å²) in [5, 5.41) is 13.0. The minimum atomic E-state index is -0.804. The molecule has 0 aromatic carbocycles. The first-order chi connectivity index (χ1) is 11.4. The maximum absolute atomic E-state index is 12.2. The largest absolute Gasteiger partial charge is 0.480 e. The number of aromatic nitrogens is 1. The van der Waals surface area contributed by atoms with Crippen molar-refractivity contribution in [2.24, 2.45) is 0 Å². The second kappa shape index (κ2) is 8.43. The van der Waals surface area contributed by atoms with Gasteiger partial charge in [0.05, 0.1) is 11.6 Å². The van der Waals surface area contributed by atoms with Crippen LogP contribution in [0.25, 0.3) is 0 Å². The zero-order chi connectivity index (χ0) is 17.7. The highest BCUT2D eigenvalue weighted by Gasteiger charge is 2.35. The SMILES string of the molecule is CCN(CC(=O)O)C1CC(NC(=O)N(C)CCc2ncc(C)s2)C1. The van der Waals surface area contributed by atoms with E-state index in [2.05, 4.69) is 10.3 Å². The highest BCUT2D eigenvalue weighted by Crippen LogP contribution is 2.25. The first-order valence-corrected chi connectivity index (χ1v) is 9.09. The van der Waals surface area contributed by atoms with Gasteiger partial charge in [-0.05, 0) is 26.3 Å². The number of nitrogens with one attached hydrogen (secondary N) is 1. The van der Waals surface area contributed by atoms with Gasteiger partial charge in [-0.15, -0.1) is 11.3 Å². The molecule has 1 aliphatic rings. The fourth-order valence-corrected chi connectivity index (χ4v) is 3.62. The summed E-state index contributed by atoms with van der Waals surface area (Å²) in [5.74, 6) is -0.804. The molecular formula is C16H26N4O3S. The average molecular weight is 354 g/mol. The van der Waals surface area contributed by atoms with E-state index in [1.54, 1.807) is 23.3 Å². The molecule has 0 atom stereocenters. The molecule has 1 saturated carbocycles. The Morgan fingerprint density at radius 1 is 1.46 bits per heavy atom. The van der Waals surface area contributed by atoms with E-state index in [1.807, 2.05) is 24.9 Å². The van der Waals surface area contributed by atoms with Gasteiger partial charge in [0.25, 0.3) is 0 Å². The highest BCUT2D eigenvalue weighted by atomic mass is 32.1. The van der Waals surface area contributed by atoms with Crippen molar-refractivity contribution < 1.29 is 14.7 Å². The number of likely N-dealkylation sites (N-methyl/N-ethyl adjacent to an activating group) is 2. The molecule has 0 saturated heterocycles. The van der Waals surface area contributed by atoms with Crippen molar-refractivity contribution in [3.05, 3.63) is 16.1 Å². The number of aliphatic carboxylic acids is 1. The minimum absolute atomic E-state index is 0.0645. The van der Waals surface area contributed by atoms with Crippen LogP contribution >= 0.6 is 11.3 Å². The van der Waals surface area contributed by atoms with Crippen LogP contribution in [-0.2, 0) is 11.2 Å². The van der Waals surface area contributed by atoms with Crippen LogP contribution in [0.1, 0.15) is 29.7 Å². The molecule has 0 unspecified atom stereocenters. The summed E-state index contributed by atoms with van der Waals surface area (Å²) in [5.41, 5.74) is 0. The Hall–Kier alpha value is -1.67. The van der Waals surface area contributed by atoms with E-state index in [1.165, 1.54) is 4.88 Å². The van der Waals surface area contributed by atoms with Crippen LogP contribution in [0.4, 0.5) is 4.79 Å². The number of rotatable bonds is 8. The van der Waals surface area contributed by atoms with Crippen molar-refractivity contribution in [3.8, 4) is 0 Å². The number of aryl methyl sites for hydroxylation is 1. The fraction of sp³-hybridized carbons (Fsp3) is 0.688. The maximum Gasteiger partial charge on any atom is 0.317 e. The molecule has 7 nitrogen and oxygen atoms in total. The van der Waals surface area contributed by atoms with Crippen molar-refractivity contribution in [1.29, 1.82) is 0 Å². The number of carbonyl (C=O) groups excluding carboxylic acids is 1. The zero-order valence-electron chi connectivity index (χ0n) is 14.5. The lowest BCUT2D eigenvalue weighted by molar-refractivity contribution is -0.139. The first kappa shape index (κ1) is 18.7. The molecule has 1 aromatic heterocycles. The van der Waals surface area contributed by atoms with E-state index in [0.29, 0.717) is 13.1 Å². The molecule has 0 aliphatic heterocycles. The van der Waals surface area contributed by atoms with Crippen molar-refractivity contribution in [3.63, 3.8) is 0 Å². The second-order valence-electron chi connectivity index (χ2n) is 6.26. The lowest BCUT2D eigenvalue weighted by Gasteiger charge is -2.42. The van der Waals surface area contributed by atoms with Gasteiger partial charge in [-0.25, -0.2) is 9.78 Å². The van der Waals surface area contributed by atoms with Crippen molar-refractivity contribution >= 4 is 23.3 Å². The molecule has 134 valence electrons. The predicted molar refractivity (Wildman–Crippen MR) is 93.4 cm³/mol. The number of urea groups is 1. The van der Waals surface area contributed by atoms with Gasteiger partial charge in [-0.3, -0.25) is 9.69 Å². The molecular weight excluding hydrogens is 328 g/mol. The second-order valence-corrected chi connectivity index (χ2v) is 7.58. The van der Waals surface area contributed by atoms with Crippen LogP contribution in [-0.4, -0.2) is 70.7 Å². The van der Waals surface area contributed by atoms with Gasteiger partial charge in [0.15, 0.2) is 0 Å². The number of amides is 2. The molecule has 0 radical (unpaired) electrons. The van der Waals surface area contributed by atoms with Gasteiger partial charge in [0, 0.05) is 43.2 Å². The van der Waals surface area contributed by atoms with Crippen LogP contribution in [0.2, 0.25) is 0 Å².